The van der Waals surface area contributed by atoms with Crippen LogP contribution in [0.4, 0.5) is 10.1 Å². The molecule has 0 radical (unpaired) electrons. The molecule has 1 aliphatic rings. The van der Waals surface area contributed by atoms with E-state index in [1.165, 1.54) is 6.07 Å². The number of hydrogen-bond donors (Lipinski definition) is 2. The van der Waals surface area contributed by atoms with Gasteiger partial charge in [-0.25, -0.2) is 4.39 Å². The zero-order chi connectivity index (χ0) is 13.8. The van der Waals surface area contributed by atoms with Gasteiger partial charge >= 0.3 is 0 Å². The normalized spacial score (nSPS) is 15.8. The van der Waals surface area contributed by atoms with E-state index in [0.29, 0.717) is 24.1 Å². The largest absolute Gasteiger partial charge is 0.326 e. The van der Waals surface area contributed by atoms with Crippen molar-refractivity contribution in [1.29, 1.82) is 0 Å². The molecule has 1 heterocycles. The van der Waals surface area contributed by atoms with Crippen LogP contribution in [0.5, 0.6) is 0 Å². The molecule has 0 saturated heterocycles. The summed E-state index contributed by atoms with van der Waals surface area (Å²) >= 11 is 0. The Balaban J connectivity index is 2.15. The van der Waals surface area contributed by atoms with Crippen LogP contribution in [0.15, 0.2) is 12.1 Å². The average molecular weight is 264 g/mol. The smallest absolute Gasteiger partial charge is 0.224 e. The Hall–Kier alpha value is -1.42. The lowest BCUT2D eigenvalue weighted by molar-refractivity contribution is -0.116. The van der Waals surface area contributed by atoms with E-state index in [4.69, 9.17) is 5.73 Å². The third-order valence-electron chi connectivity index (χ3n) is 3.64. The fourth-order valence-corrected chi connectivity index (χ4v) is 2.48. The van der Waals surface area contributed by atoms with Crippen LogP contribution in [0.3, 0.4) is 0 Å². The molecule has 1 atom stereocenters. The Morgan fingerprint density at radius 2 is 2.16 bits per heavy atom. The van der Waals surface area contributed by atoms with Crippen LogP contribution in [0.2, 0.25) is 0 Å². The van der Waals surface area contributed by atoms with Crippen molar-refractivity contribution in [2.75, 3.05) is 5.32 Å². The van der Waals surface area contributed by atoms with Crippen molar-refractivity contribution in [2.45, 2.75) is 51.5 Å². The number of rotatable bonds is 5. The number of unbranched alkanes of at least 4 members (excludes halogenated alkanes) is 2. The second-order valence-electron chi connectivity index (χ2n) is 5.18. The summed E-state index contributed by atoms with van der Waals surface area (Å²) in [5.41, 5.74) is 8.23. The maximum absolute atomic E-state index is 14.0. The monoisotopic (exact) mass is 264 g/mol. The number of amides is 1. The summed E-state index contributed by atoms with van der Waals surface area (Å²) in [4.78, 5) is 11.3. The predicted molar refractivity (Wildman–Crippen MR) is 74.4 cm³/mol. The number of aryl methyl sites for hydroxylation is 1. The Bertz CT molecular complexity index is 473. The molecule has 2 rings (SSSR count). The average Bonchev–Trinajstić information content (AvgIpc) is 2.38. The minimum atomic E-state index is -0.315. The van der Waals surface area contributed by atoms with Gasteiger partial charge in [-0.1, -0.05) is 26.2 Å². The third-order valence-corrected chi connectivity index (χ3v) is 3.64. The molecule has 4 heteroatoms. The topological polar surface area (TPSA) is 55.1 Å². The maximum Gasteiger partial charge on any atom is 0.224 e. The summed E-state index contributed by atoms with van der Waals surface area (Å²) in [5, 5.41) is 2.70. The van der Waals surface area contributed by atoms with Crippen LogP contribution in [-0.2, 0) is 11.2 Å². The van der Waals surface area contributed by atoms with Gasteiger partial charge in [0.2, 0.25) is 5.91 Å². The summed E-state index contributed by atoms with van der Waals surface area (Å²) in [5.74, 6) is -0.364. The van der Waals surface area contributed by atoms with Crippen molar-refractivity contribution in [2.24, 2.45) is 5.73 Å². The number of halogens is 1. The van der Waals surface area contributed by atoms with Gasteiger partial charge in [0.25, 0.3) is 0 Å². The number of nitrogens with one attached hydrogen (secondary N) is 1. The van der Waals surface area contributed by atoms with Gasteiger partial charge < -0.3 is 11.1 Å². The molecule has 1 aromatic carbocycles. The lowest BCUT2D eigenvalue weighted by Crippen LogP contribution is -2.21. The Morgan fingerprint density at radius 1 is 1.37 bits per heavy atom. The molecule has 0 saturated carbocycles. The lowest BCUT2D eigenvalue weighted by atomic mass is 9.94. The fourth-order valence-electron chi connectivity index (χ4n) is 2.48. The highest BCUT2D eigenvalue weighted by atomic mass is 19.1. The van der Waals surface area contributed by atoms with E-state index < -0.39 is 0 Å². The number of benzene rings is 1. The summed E-state index contributed by atoms with van der Waals surface area (Å²) < 4.78 is 14.0. The number of hydrogen-bond acceptors (Lipinski definition) is 2. The van der Waals surface area contributed by atoms with Crippen LogP contribution < -0.4 is 11.1 Å². The van der Waals surface area contributed by atoms with E-state index in [2.05, 4.69) is 12.2 Å². The molecule has 104 valence electrons. The molecule has 19 heavy (non-hydrogen) atoms. The van der Waals surface area contributed by atoms with Gasteiger partial charge in [0.15, 0.2) is 0 Å². The van der Waals surface area contributed by atoms with E-state index in [-0.39, 0.29) is 17.8 Å². The quantitative estimate of drug-likeness (QED) is 0.802. The minimum absolute atomic E-state index is 0.0492. The minimum Gasteiger partial charge on any atom is -0.326 e. The lowest BCUT2D eigenvalue weighted by Gasteiger charge is -2.20. The summed E-state index contributed by atoms with van der Waals surface area (Å²) in [6.07, 6.45) is 5.20. The molecule has 3 N–H and O–H groups in total. The zero-order valence-corrected chi connectivity index (χ0v) is 11.3. The highest BCUT2D eigenvalue weighted by molar-refractivity contribution is 5.93. The van der Waals surface area contributed by atoms with E-state index in [0.717, 1.165) is 31.2 Å². The first-order chi connectivity index (χ1) is 9.11. The van der Waals surface area contributed by atoms with Crippen molar-refractivity contribution in [3.8, 4) is 0 Å². The molecular weight excluding hydrogens is 243 g/mol. The number of anilines is 1. The number of fused-ring (bicyclic) bond motifs is 1. The Kier molecular flexibility index (Phi) is 4.53. The van der Waals surface area contributed by atoms with Crippen LogP contribution >= 0.6 is 0 Å². The summed E-state index contributed by atoms with van der Waals surface area (Å²) in [6.45, 7) is 2.13. The molecule has 0 bridgehead atoms. The van der Waals surface area contributed by atoms with E-state index >= 15 is 0 Å². The summed E-state index contributed by atoms with van der Waals surface area (Å²) in [7, 11) is 0. The first-order valence-electron chi connectivity index (χ1n) is 6.99. The Morgan fingerprint density at radius 3 is 2.89 bits per heavy atom. The number of carbonyl (C=O) groups is 1. The predicted octanol–water partition coefficient (Wildman–Crippen LogP) is 3.29. The van der Waals surface area contributed by atoms with Crippen molar-refractivity contribution in [1.82, 2.24) is 0 Å². The van der Waals surface area contributed by atoms with Crippen LogP contribution in [0.1, 0.15) is 56.2 Å². The molecule has 3 nitrogen and oxygen atoms in total. The molecule has 0 fully saturated rings. The molecule has 0 aromatic heterocycles. The van der Waals surface area contributed by atoms with Crippen molar-refractivity contribution < 1.29 is 9.18 Å². The van der Waals surface area contributed by atoms with Gasteiger partial charge in [0.05, 0.1) is 0 Å². The van der Waals surface area contributed by atoms with E-state index in [9.17, 15) is 9.18 Å². The Labute approximate surface area is 113 Å². The first-order valence-corrected chi connectivity index (χ1v) is 6.99. The fraction of sp³-hybridized carbons (Fsp3) is 0.533. The zero-order valence-electron chi connectivity index (χ0n) is 11.3. The molecule has 1 amide bonds. The van der Waals surface area contributed by atoms with Gasteiger partial charge in [-0.2, -0.15) is 0 Å². The molecule has 0 aliphatic carbocycles. The molecule has 1 unspecified atom stereocenters. The maximum atomic E-state index is 14.0. The molecule has 1 aliphatic heterocycles. The second-order valence-corrected chi connectivity index (χ2v) is 5.18. The number of carbonyl (C=O) groups excluding carboxylic acids is 1. The van der Waals surface area contributed by atoms with Gasteiger partial charge in [-0.05, 0) is 30.5 Å². The van der Waals surface area contributed by atoms with Gasteiger partial charge in [-0.15, -0.1) is 0 Å². The van der Waals surface area contributed by atoms with E-state index in [1.807, 2.05) is 6.07 Å². The van der Waals surface area contributed by atoms with Gasteiger partial charge in [0, 0.05) is 23.7 Å². The first kappa shape index (κ1) is 14.0. The summed E-state index contributed by atoms with van der Waals surface area (Å²) in [6, 6.07) is 2.97. The highest BCUT2D eigenvalue weighted by Crippen LogP contribution is 2.29. The second kappa shape index (κ2) is 6.15. The van der Waals surface area contributed by atoms with Crippen molar-refractivity contribution in [3.05, 3.63) is 29.1 Å². The van der Waals surface area contributed by atoms with Crippen LogP contribution in [-0.4, -0.2) is 5.91 Å². The van der Waals surface area contributed by atoms with Crippen LogP contribution in [0.25, 0.3) is 0 Å². The highest BCUT2D eigenvalue weighted by Gasteiger charge is 2.19. The SMILES string of the molecule is CCCCCC(N)c1cc2c(cc1F)NC(=O)CC2. The standard InChI is InChI=1S/C15H21FN2O/c1-2-3-4-5-13(17)11-8-10-6-7-15(19)18-14(10)9-12(11)16/h8-9,13H,2-7,17H2,1H3,(H,18,19). The van der Waals surface area contributed by atoms with Gasteiger partial charge in [0.1, 0.15) is 5.82 Å². The van der Waals surface area contributed by atoms with E-state index in [1.54, 1.807) is 0 Å². The molecule has 1 aromatic rings. The van der Waals surface area contributed by atoms with Crippen molar-refractivity contribution >= 4 is 11.6 Å². The third kappa shape index (κ3) is 3.32. The van der Waals surface area contributed by atoms with Crippen molar-refractivity contribution in [3.63, 3.8) is 0 Å². The molecule has 0 spiro atoms. The number of nitrogens with two attached hydrogens (primary N) is 1. The van der Waals surface area contributed by atoms with Gasteiger partial charge in [-0.3, -0.25) is 4.79 Å². The van der Waals surface area contributed by atoms with Crippen LogP contribution in [0, 0.1) is 5.82 Å². The molecular formula is C15H21FN2O.